The third-order valence-electron chi connectivity index (χ3n) is 5.95. The Hall–Kier alpha value is -3.49. The molecule has 14 heteroatoms. The molecular formula is C27H28ClN3O8S2. The summed E-state index contributed by atoms with van der Waals surface area (Å²) >= 11 is 7.00. The number of nitrogens with zero attached hydrogens (tertiary/aromatic N) is 1. The standard InChI is InChI=1S/C27H28ClN3O8S2/c1-18-2-8-22(9-3-18)41(35,36)38-16-21(12-13-29-26(33)23-10-11-24(28)40-23)39-27(34)30-19-4-6-20(7-5-19)31-14-15-37-17-25(31)32/h2-11,21H,12-17H2,1H3,(H,29,33)(H,30,34)/t21-/m0/s1. The van der Waals surface area contributed by atoms with E-state index >= 15 is 0 Å². The Labute approximate surface area is 246 Å². The molecule has 2 heterocycles. The second kappa shape index (κ2) is 13.9. The van der Waals surface area contributed by atoms with Crippen molar-refractivity contribution < 1.29 is 36.5 Å². The van der Waals surface area contributed by atoms with Crippen molar-refractivity contribution in [3.63, 3.8) is 0 Å². The molecule has 218 valence electrons. The van der Waals surface area contributed by atoms with Crippen LogP contribution in [0.15, 0.2) is 65.6 Å². The van der Waals surface area contributed by atoms with E-state index in [9.17, 15) is 22.8 Å². The first-order valence-corrected chi connectivity index (χ1v) is 15.2. The lowest BCUT2D eigenvalue weighted by Crippen LogP contribution is -2.41. The topological polar surface area (TPSA) is 140 Å². The normalized spacial score (nSPS) is 14.4. The van der Waals surface area contributed by atoms with Crippen molar-refractivity contribution in [3.8, 4) is 0 Å². The number of hydrogen-bond donors (Lipinski definition) is 2. The summed E-state index contributed by atoms with van der Waals surface area (Å²) in [6.45, 7) is 2.30. The van der Waals surface area contributed by atoms with Gasteiger partial charge >= 0.3 is 6.09 Å². The largest absolute Gasteiger partial charge is 0.443 e. The number of anilines is 2. The summed E-state index contributed by atoms with van der Waals surface area (Å²) in [5.41, 5.74) is 1.94. The van der Waals surface area contributed by atoms with Crippen LogP contribution in [0.3, 0.4) is 0 Å². The summed E-state index contributed by atoms with van der Waals surface area (Å²) in [4.78, 5) is 39.1. The molecule has 4 rings (SSSR count). The molecule has 3 aromatic rings. The van der Waals surface area contributed by atoms with Crippen molar-refractivity contribution >= 4 is 62.3 Å². The smallest absolute Gasteiger partial charge is 0.411 e. The molecule has 0 unspecified atom stereocenters. The first kappa shape index (κ1) is 30.5. The molecule has 1 aliphatic rings. The molecule has 2 aromatic carbocycles. The van der Waals surface area contributed by atoms with Crippen molar-refractivity contribution in [1.29, 1.82) is 0 Å². The summed E-state index contributed by atoms with van der Waals surface area (Å²) in [5.74, 6) is -0.522. The van der Waals surface area contributed by atoms with Gasteiger partial charge in [0.2, 0.25) is 0 Å². The van der Waals surface area contributed by atoms with Crippen LogP contribution in [0.4, 0.5) is 16.2 Å². The lowest BCUT2D eigenvalue weighted by molar-refractivity contribution is -0.125. The number of aryl methyl sites for hydroxylation is 1. The number of carbonyl (C=O) groups excluding carboxylic acids is 3. The highest BCUT2D eigenvalue weighted by atomic mass is 35.5. The fourth-order valence-electron chi connectivity index (χ4n) is 3.80. The molecule has 0 saturated carbocycles. The van der Waals surface area contributed by atoms with Gasteiger partial charge in [-0.25, -0.2) is 4.79 Å². The number of halogens is 1. The van der Waals surface area contributed by atoms with Crippen LogP contribution >= 0.6 is 22.9 Å². The molecule has 0 radical (unpaired) electrons. The number of rotatable bonds is 11. The monoisotopic (exact) mass is 621 g/mol. The number of morpholine rings is 1. The second-order valence-electron chi connectivity index (χ2n) is 9.00. The Morgan fingerprint density at radius 3 is 2.49 bits per heavy atom. The number of hydrogen-bond acceptors (Lipinski definition) is 9. The Morgan fingerprint density at radius 1 is 1.10 bits per heavy atom. The molecule has 2 N–H and O–H groups in total. The van der Waals surface area contributed by atoms with E-state index in [2.05, 4.69) is 10.6 Å². The van der Waals surface area contributed by atoms with Crippen LogP contribution in [0.1, 0.15) is 21.7 Å². The first-order chi connectivity index (χ1) is 19.6. The van der Waals surface area contributed by atoms with E-state index in [0.29, 0.717) is 33.7 Å². The fraction of sp³-hybridized carbons (Fsp3) is 0.296. The van der Waals surface area contributed by atoms with Gasteiger partial charge in [0.15, 0.2) is 0 Å². The van der Waals surface area contributed by atoms with Gasteiger partial charge in [0, 0.05) is 30.9 Å². The molecule has 1 atom stereocenters. The van der Waals surface area contributed by atoms with Crippen LogP contribution in [-0.4, -0.2) is 65.3 Å². The third kappa shape index (κ3) is 8.75. The highest BCUT2D eigenvalue weighted by molar-refractivity contribution is 7.86. The molecule has 41 heavy (non-hydrogen) atoms. The third-order valence-corrected chi connectivity index (χ3v) is 8.48. The van der Waals surface area contributed by atoms with Gasteiger partial charge in [-0.2, -0.15) is 8.42 Å². The van der Waals surface area contributed by atoms with Gasteiger partial charge in [0.05, 0.1) is 20.7 Å². The van der Waals surface area contributed by atoms with Gasteiger partial charge in [-0.05, 0) is 55.5 Å². The van der Waals surface area contributed by atoms with Crippen LogP contribution in [-0.2, 0) is 28.6 Å². The van der Waals surface area contributed by atoms with Crippen molar-refractivity contribution in [2.24, 2.45) is 0 Å². The molecule has 1 aromatic heterocycles. The summed E-state index contributed by atoms with van der Waals surface area (Å²) in [6.07, 6.45) is -1.80. The summed E-state index contributed by atoms with van der Waals surface area (Å²) < 4.78 is 41.6. The van der Waals surface area contributed by atoms with E-state index in [1.807, 2.05) is 6.92 Å². The molecule has 0 aliphatic carbocycles. The predicted octanol–water partition coefficient (Wildman–Crippen LogP) is 4.22. The number of thiophene rings is 1. The van der Waals surface area contributed by atoms with Gasteiger partial charge in [0.1, 0.15) is 19.3 Å². The highest BCUT2D eigenvalue weighted by Gasteiger charge is 2.23. The maximum atomic E-state index is 12.7. The molecule has 1 fully saturated rings. The zero-order valence-corrected chi connectivity index (χ0v) is 24.4. The van der Waals surface area contributed by atoms with Crippen molar-refractivity contribution in [1.82, 2.24) is 5.32 Å². The van der Waals surface area contributed by atoms with E-state index in [4.69, 9.17) is 25.3 Å². The van der Waals surface area contributed by atoms with E-state index in [1.165, 1.54) is 12.1 Å². The van der Waals surface area contributed by atoms with Crippen LogP contribution in [0.5, 0.6) is 0 Å². The lowest BCUT2D eigenvalue weighted by atomic mass is 10.2. The van der Waals surface area contributed by atoms with Crippen LogP contribution in [0.2, 0.25) is 4.34 Å². The number of carbonyl (C=O) groups is 3. The van der Waals surface area contributed by atoms with Gasteiger partial charge in [-0.3, -0.25) is 19.1 Å². The number of ether oxygens (including phenoxy) is 2. The maximum Gasteiger partial charge on any atom is 0.411 e. The molecule has 0 bridgehead atoms. The second-order valence-corrected chi connectivity index (χ2v) is 12.3. The van der Waals surface area contributed by atoms with E-state index in [1.54, 1.807) is 53.4 Å². The Kier molecular flexibility index (Phi) is 10.3. The van der Waals surface area contributed by atoms with Gasteiger partial charge in [-0.15, -0.1) is 11.3 Å². The first-order valence-electron chi connectivity index (χ1n) is 12.6. The molecule has 0 spiro atoms. The Bertz CT molecular complexity index is 1480. The maximum absolute atomic E-state index is 12.7. The zero-order valence-electron chi connectivity index (χ0n) is 22.0. The molecule has 3 amide bonds. The predicted molar refractivity (Wildman–Crippen MR) is 154 cm³/mol. The van der Waals surface area contributed by atoms with E-state index < -0.39 is 28.9 Å². The van der Waals surface area contributed by atoms with Crippen LogP contribution in [0, 0.1) is 6.92 Å². The number of benzene rings is 2. The summed E-state index contributed by atoms with van der Waals surface area (Å²) in [7, 11) is -4.12. The molecular weight excluding hydrogens is 594 g/mol. The fourth-order valence-corrected chi connectivity index (χ4v) is 5.70. The average molecular weight is 622 g/mol. The number of nitrogens with one attached hydrogen (secondary N) is 2. The SMILES string of the molecule is Cc1ccc(S(=O)(=O)OC[C@H](CCNC(=O)c2ccc(Cl)s2)OC(=O)Nc2ccc(N3CCOCC3=O)cc2)cc1. The van der Waals surface area contributed by atoms with Crippen LogP contribution in [0.25, 0.3) is 0 Å². The number of amides is 3. The highest BCUT2D eigenvalue weighted by Crippen LogP contribution is 2.22. The minimum atomic E-state index is -4.12. The summed E-state index contributed by atoms with van der Waals surface area (Å²) in [5, 5.41) is 5.28. The van der Waals surface area contributed by atoms with Gasteiger partial charge in [0.25, 0.3) is 21.9 Å². The Balaban J connectivity index is 1.37. The molecule has 1 saturated heterocycles. The van der Waals surface area contributed by atoms with Crippen molar-refractivity contribution in [2.75, 3.05) is 43.1 Å². The average Bonchev–Trinajstić information content (AvgIpc) is 3.39. The minimum Gasteiger partial charge on any atom is -0.443 e. The van der Waals surface area contributed by atoms with Crippen molar-refractivity contribution in [3.05, 3.63) is 75.4 Å². The quantitative estimate of drug-likeness (QED) is 0.303. The zero-order chi connectivity index (χ0) is 29.4. The van der Waals surface area contributed by atoms with E-state index in [-0.39, 0.29) is 36.3 Å². The van der Waals surface area contributed by atoms with Crippen molar-refractivity contribution in [2.45, 2.75) is 24.3 Å². The van der Waals surface area contributed by atoms with Gasteiger partial charge in [-0.1, -0.05) is 29.3 Å². The van der Waals surface area contributed by atoms with Gasteiger partial charge < -0.3 is 19.7 Å². The van der Waals surface area contributed by atoms with E-state index in [0.717, 1.165) is 16.9 Å². The Morgan fingerprint density at radius 2 is 1.83 bits per heavy atom. The molecule has 11 nitrogen and oxygen atoms in total. The van der Waals surface area contributed by atoms with Crippen LogP contribution < -0.4 is 15.5 Å². The lowest BCUT2D eigenvalue weighted by Gasteiger charge is -2.27. The summed E-state index contributed by atoms with van der Waals surface area (Å²) in [6, 6.07) is 15.9. The molecule has 1 aliphatic heterocycles. The minimum absolute atomic E-state index is 0.0109.